The summed E-state index contributed by atoms with van der Waals surface area (Å²) >= 11 is 0. The molecule has 3 aliphatic rings. The summed E-state index contributed by atoms with van der Waals surface area (Å²) in [6.45, 7) is 6.86. The molecule has 1 aromatic heterocycles. The highest BCUT2D eigenvalue weighted by Crippen LogP contribution is 2.59. The minimum absolute atomic E-state index is 0.166. The van der Waals surface area contributed by atoms with Crippen LogP contribution in [0.2, 0.25) is 0 Å². The van der Waals surface area contributed by atoms with Crippen LogP contribution in [-0.4, -0.2) is 15.9 Å². The molecular weight excluding hydrogens is 286 g/mol. The van der Waals surface area contributed by atoms with E-state index in [0.29, 0.717) is 28.9 Å². The molecule has 118 valence electrons. The fourth-order valence-corrected chi connectivity index (χ4v) is 4.13. The second kappa shape index (κ2) is 4.88. The number of amides is 1. The van der Waals surface area contributed by atoms with Crippen molar-refractivity contribution in [3.63, 3.8) is 0 Å². The van der Waals surface area contributed by atoms with Gasteiger partial charge >= 0.3 is 0 Å². The van der Waals surface area contributed by atoms with Crippen LogP contribution in [0.25, 0.3) is 11.0 Å². The van der Waals surface area contributed by atoms with Gasteiger partial charge in [-0.2, -0.15) is 0 Å². The third-order valence-corrected chi connectivity index (χ3v) is 5.83. The number of para-hydroxylation sites is 2. The zero-order valence-electron chi connectivity index (χ0n) is 13.7. The number of allylic oxidation sites excluding steroid dienone is 2. The second-order valence-electron chi connectivity index (χ2n) is 7.38. The van der Waals surface area contributed by atoms with Crippen molar-refractivity contribution in [1.29, 1.82) is 0 Å². The lowest BCUT2D eigenvalue weighted by molar-refractivity contribution is -0.0333. The first-order valence-electron chi connectivity index (χ1n) is 8.21. The molecule has 0 unspecified atom stereocenters. The molecule has 2 bridgehead atoms. The first kappa shape index (κ1) is 14.4. The van der Waals surface area contributed by atoms with Crippen molar-refractivity contribution in [2.75, 3.05) is 0 Å². The molecule has 3 aliphatic carbocycles. The van der Waals surface area contributed by atoms with Gasteiger partial charge in [0.1, 0.15) is 5.69 Å². The lowest BCUT2D eigenvalue weighted by Gasteiger charge is -2.58. The van der Waals surface area contributed by atoms with Crippen molar-refractivity contribution < 1.29 is 4.79 Å². The number of benzene rings is 1. The van der Waals surface area contributed by atoms with Gasteiger partial charge in [-0.05, 0) is 41.7 Å². The number of fused-ring (bicyclic) bond motifs is 2. The second-order valence-corrected chi connectivity index (χ2v) is 7.38. The fourth-order valence-electron chi connectivity index (χ4n) is 4.13. The minimum atomic E-state index is -0.166. The van der Waals surface area contributed by atoms with Gasteiger partial charge in [-0.1, -0.05) is 39.0 Å². The van der Waals surface area contributed by atoms with Crippen molar-refractivity contribution >= 4 is 16.9 Å². The number of aromatic nitrogens is 2. The highest BCUT2D eigenvalue weighted by atomic mass is 16.1. The Morgan fingerprint density at radius 3 is 2.70 bits per heavy atom. The Morgan fingerprint density at radius 1 is 1.26 bits per heavy atom. The van der Waals surface area contributed by atoms with E-state index < -0.39 is 0 Å². The van der Waals surface area contributed by atoms with Crippen LogP contribution in [0.3, 0.4) is 0 Å². The van der Waals surface area contributed by atoms with E-state index >= 15 is 0 Å². The van der Waals surface area contributed by atoms with Crippen molar-refractivity contribution in [2.45, 2.75) is 27.2 Å². The molecule has 1 heterocycles. The van der Waals surface area contributed by atoms with Crippen LogP contribution < -0.4 is 5.32 Å². The lowest BCUT2D eigenvalue weighted by Crippen LogP contribution is -2.52. The van der Waals surface area contributed by atoms with Gasteiger partial charge in [0.15, 0.2) is 0 Å². The average molecular weight is 307 g/mol. The highest BCUT2D eigenvalue weighted by Gasteiger charge is 2.53. The quantitative estimate of drug-likeness (QED) is 0.923. The molecule has 1 saturated carbocycles. The van der Waals surface area contributed by atoms with Crippen LogP contribution in [-0.2, 0) is 0 Å². The zero-order chi connectivity index (χ0) is 16.2. The molecule has 1 N–H and O–H groups in total. The van der Waals surface area contributed by atoms with Crippen molar-refractivity contribution in [2.24, 2.45) is 23.2 Å². The Bertz CT molecular complexity index is 824. The summed E-state index contributed by atoms with van der Waals surface area (Å²) in [6.07, 6.45) is 5.04. The van der Waals surface area contributed by atoms with Gasteiger partial charge in [0, 0.05) is 5.70 Å². The Morgan fingerprint density at radius 2 is 2.00 bits per heavy atom. The van der Waals surface area contributed by atoms with E-state index in [1.54, 1.807) is 6.20 Å². The summed E-state index contributed by atoms with van der Waals surface area (Å²) in [4.78, 5) is 21.3. The number of rotatable bonds is 2. The third-order valence-electron chi connectivity index (χ3n) is 5.83. The monoisotopic (exact) mass is 307 g/mol. The molecule has 1 fully saturated rings. The Kier molecular flexibility index (Phi) is 3.05. The van der Waals surface area contributed by atoms with Gasteiger partial charge < -0.3 is 5.32 Å². The zero-order valence-corrected chi connectivity index (χ0v) is 13.7. The van der Waals surface area contributed by atoms with E-state index in [0.717, 1.165) is 16.7 Å². The average Bonchev–Trinajstić information content (AvgIpc) is 2.55. The molecule has 23 heavy (non-hydrogen) atoms. The van der Waals surface area contributed by atoms with E-state index in [2.05, 4.69) is 42.1 Å². The Labute approximate surface area is 136 Å². The SMILES string of the molecule is C[C@@H]1C(NC(=O)c2cnc3ccccc3n2)=C[C@@H]2C[C@H]1C2(C)C. The van der Waals surface area contributed by atoms with Crippen molar-refractivity contribution in [1.82, 2.24) is 15.3 Å². The maximum Gasteiger partial charge on any atom is 0.275 e. The number of nitrogens with one attached hydrogen (secondary N) is 1. The molecule has 1 amide bonds. The molecule has 0 radical (unpaired) electrons. The van der Waals surface area contributed by atoms with Crippen molar-refractivity contribution in [3.8, 4) is 0 Å². The number of hydrogen-bond acceptors (Lipinski definition) is 3. The molecule has 1 aromatic carbocycles. The predicted octanol–water partition coefficient (Wildman–Crippen LogP) is 3.56. The van der Waals surface area contributed by atoms with E-state index in [4.69, 9.17) is 0 Å². The largest absolute Gasteiger partial charge is 0.324 e. The molecule has 4 heteroatoms. The lowest BCUT2D eigenvalue weighted by atomic mass is 9.48. The standard InChI is InChI=1S/C19H21N3O/c1-11-13-8-12(19(13,2)3)9-16(11)22-18(23)17-10-20-14-6-4-5-7-15(14)21-17/h4-7,9-13H,8H2,1-3H3,(H,22,23)/t11-,12-,13+/m0/s1. The van der Waals surface area contributed by atoms with Crippen LogP contribution in [0.15, 0.2) is 42.2 Å². The smallest absolute Gasteiger partial charge is 0.275 e. The van der Waals surface area contributed by atoms with E-state index in [1.807, 2.05) is 24.3 Å². The van der Waals surface area contributed by atoms with Crippen LogP contribution in [0.5, 0.6) is 0 Å². The summed E-state index contributed by atoms with van der Waals surface area (Å²) in [5, 5.41) is 3.07. The van der Waals surface area contributed by atoms with E-state index in [-0.39, 0.29) is 5.91 Å². The summed E-state index contributed by atoms with van der Waals surface area (Å²) < 4.78 is 0. The van der Waals surface area contributed by atoms with Crippen LogP contribution in [0, 0.1) is 23.2 Å². The van der Waals surface area contributed by atoms with Gasteiger partial charge in [0.05, 0.1) is 17.2 Å². The van der Waals surface area contributed by atoms with E-state index in [9.17, 15) is 4.79 Å². The highest BCUT2D eigenvalue weighted by molar-refractivity contribution is 5.94. The van der Waals surface area contributed by atoms with E-state index in [1.165, 1.54) is 6.42 Å². The molecular formula is C19H21N3O. The van der Waals surface area contributed by atoms with Gasteiger partial charge in [-0.3, -0.25) is 9.78 Å². The van der Waals surface area contributed by atoms with Gasteiger partial charge in [0.25, 0.3) is 5.91 Å². The Hall–Kier alpha value is -2.23. The predicted molar refractivity (Wildman–Crippen MR) is 89.6 cm³/mol. The maximum absolute atomic E-state index is 12.5. The molecule has 4 nitrogen and oxygen atoms in total. The molecule has 5 rings (SSSR count). The first-order chi connectivity index (χ1) is 11.0. The number of nitrogens with zero attached hydrogens (tertiary/aromatic N) is 2. The molecule has 0 aliphatic heterocycles. The summed E-state index contributed by atoms with van der Waals surface area (Å²) in [5.74, 6) is 1.44. The van der Waals surface area contributed by atoms with Crippen molar-refractivity contribution in [3.05, 3.63) is 47.9 Å². The topological polar surface area (TPSA) is 54.9 Å². The molecule has 0 spiro atoms. The molecule has 0 saturated heterocycles. The first-order valence-corrected chi connectivity index (χ1v) is 8.21. The van der Waals surface area contributed by atoms with Crippen LogP contribution in [0.4, 0.5) is 0 Å². The molecule has 2 aromatic rings. The number of hydrogen-bond donors (Lipinski definition) is 1. The van der Waals surface area contributed by atoms with Crippen LogP contribution in [0.1, 0.15) is 37.7 Å². The molecule has 3 atom stereocenters. The van der Waals surface area contributed by atoms with Crippen LogP contribution >= 0.6 is 0 Å². The third kappa shape index (κ3) is 2.16. The summed E-state index contributed by atoms with van der Waals surface area (Å²) in [5.41, 5.74) is 3.32. The maximum atomic E-state index is 12.5. The number of carbonyl (C=O) groups excluding carboxylic acids is 1. The van der Waals surface area contributed by atoms with Gasteiger partial charge in [0.2, 0.25) is 0 Å². The Balaban J connectivity index is 1.58. The summed E-state index contributed by atoms with van der Waals surface area (Å²) in [6, 6.07) is 7.59. The fraction of sp³-hybridized carbons (Fsp3) is 0.421. The normalized spacial score (nSPS) is 28.0. The van der Waals surface area contributed by atoms with Gasteiger partial charge in [-0.25, -0.2) is 4.98 Å². The van der Waals surface area contributed by atoms with Gasteiger partial charge in [-0.15, -0.1) is 0 Å². The summed E-state index contributed by atoms with van der Waals surface area (Å²) in [7, 11) is 0. The minimum Gasteiger partial charge on any atom is -0.324 e. The number of carbonyl (C=O) groups is 1.